The highest BCUT2D eigenvalue weighted by Crippen LogP contribution is 2.28. The van der Waals surface area contributed by atoms with E-state index in [0.29, 0.717) is 12.2 Å². The third-order valence-corrected chi connectivity index (χ3v) is 4.17. The number of rotatable bonds is 10. The average molecular weight is 352 g/mol. The number of benzene rings is 2. The molecule has 0 bridgehead atoms. The first-order chi connectivity index (χ1) is 12.7. The van der Waals surface area contributed by atoms with E-state index in [4.69, 9.17) is 9.47 Å². The van der Waals surface area contributed by atoms with E-state index in [1.165, 1.54) is 0 Å². The quantitative estimate of drug-likeness (QED) is 0.381. The summed E-state index contributed by atoms with van der Waals surface area (Å²) in [6, 6.07) is 13.6. The molecule has 2 aromatic rings. The van der Waals surface area contributed by atoms with Gasteiger partial charge in [-0.2, -0.15) is 0 Å². The van der Waals surface area contributed by atoms with Gasteiger partial charge < -0.3 is 9.47 Å². The molecule has 3 heteroatoms. The van der Waals surface area contributed by atoms with Crippen molar-refractivity contribution in [3.8, 4) is 16.9 Å². The van der Waals surface area contributed by atoms with Gasteiger partial charge in [0, 0.05) is 0 Å². The van der Waals surface area contributed by atoms with Crippen molar-refractivity contribution in [2.75, 3.05) is 13.2 Å². The number of carbonyl (C=O) groups excluding carboxylic acids is 1. The van der Waals surface area contributed by atoms with Crippen molar-refractivity contribution < 1.29 is 14.3 Å². The summed E-state index contributed by atoms with van der Waals surface area (Å²) in [5, 5.41) is 0. The fourth-order valence-corrected chi connectivity index (χ4v) is 2.58. The van der Waals surface area contributed by atoms with Crippen LogP contribution in [0.5, 0.6) is 5.75 Å². The Bertz CT molecular complexity index is 717. The Labute approximate surface area is 156 Å². The molecule has 2 rings (SSSR count). The molecule has 0 aromatic heterocycles. The molecule has 0 saturated carbocycles. The molecule has 0 atom stereocenters. The van der Waals surface area contributed by atoms with E-state index in [9.17, 15) is 4.79 Å². The lowest BCUT2D eigenvalue weighted by Crippen LogP contribution is -2.06. The van der Waals surface area contributed by atoms with Gasteiger partial charge in [-0.1, -0.05) is 57.5 Å². The van der Waals surface area contributed by atoms with Gasteiger partial charge in [0.25, 0.3) is 0 Å². The number of ether oxygens (including phenoxy) is 2. The maximum absolute atomic E-state index is 12.1. The van der Waals surface area contributed by atoms with Gasteiger partial charge in [0.1, 0.15) is 5.75 Å². The summed E-state index contributed by atoms with van der Waals surface area (Å²) in [5.74, 6) is 0.589. The van der Waals surface area contributed by atoms with Crippen LogP contribution >= 0.6 is 0 Å². The molecule has 0 aliphatic rings. The minimum absolute atomic E-state index is 0.284. The van der Waals surface area contributed by atoms with E-state index in [0.717, 1.165) is 54.7 Å². The summed E-state index contributed by atoms with van der Waals surface area (Å²) >= 11 is 0. The van der Waals surface area contributed by atoms with Crippen LogP contribution in [0.4, 0.5) is 0 Å². The third-order valence-electron chi connectivity index (χ3n) is 4.17. The second-order valence-corrected chi connectivity index (χ2v) is 6.22. The lowest BCUT2D eigenvalue weighted by Gasteiger charge is -2.11. The van der Waals surface area contributed by atoms with Crippen LogP contribution in [-0.4, -0.2) is 19.2 Å². The molecule has 26 heavy (non-hydrogen) atoms. The van der Waals surface area contributed by atoms with Gasteiger partial charge in [-0.25, -0.2) is 4.79 Å². The Morgan fingerprint density at radius 1 is 1.00 bits per heavy atom. The SMILES string of the molecule is C=Cc1cc(C(=O)OCCCC)ccc1-c1ccc(OCCCC)cc1. The first kappa shape index (κ1) is 19.8. The van der Waals surface area contributed by atoms with Crippen LogP contribution in [-0.2, 0) is 4.74 Å². The van der Waals surface area contributed by atoms with Gasteiger partial charge in [-0.05, 0) is 53.8 Å². The molecule has 0 fully saturated rings. The van der Waals surface area contributed by atoms with Gasteiger partial charge in [-0.15, -0.1) is 0 Å². The topological polar surface area (TPSA) is 35.5 Å². The fourth-order valence-electron chi connectivity index (χ4n) is 2.58. The van der Waals surface area contributed by atoms with Crippen LogP contribution in [0.25, 0.3) is 17.2 Å². The summed E-state index contributed by atoms with van der Waals surface area (Å²) in [6.07, 6.45) is 5.82. The zero-order chi connectivity index (χ0) is 18.8. The summed E-state index contributed by atoms with van der Waals surface area (Å²) in [6.45, 7) is 9.29. The number of carbonyl (C=O) groups is 1. The molecule has 0 unspecified atom stereocenters. The smallest absolute Gasteiger partial charge is 0.338 e. The van der Waals surface area contributed by atoms with Crippen molar-refractivity contribution in [2.45, 2.75) is 39.5 Å². The second-order valence-electron chi connectivity index (χ2n) is 6.22. The van der Waals surface area contributed by atoms with Crippen LogP contribution in [0.1, 0.15) is 55.5 Å². The van der Waals surface area contributed by atoms with E-state index in [2.05, 4.69) is 20.4 Å². The van der Waals surface area contributed by atoms with Crippen LogP contribution in [0.3, 0.4) is 0 Å². The Kier molecular flexibility index (Phi) is 7.94. The summed E-state index contributed by atoms with van der Waals surface area (Å²) in [4.78, 5) is 12.1. The fraction of sp³-hybridized carbons (Fsp3) is 0.348. The van der Waals surface area contributed by atoms with Crippen molar-refractivity contribution in [1.82, 2.24) is 0 Å². The monoisotopic (exact) mass is 352 g/mol. The first-order valence-electron chi connectivity index (χ1n) is 9.36. The molecule has 0 radical (unpaired) electrons. The standard InChI is InChI=1S/C23H28O3/c1-4-7-15-25-21-12-9-19(10-13-21)22-14-11-20(17-18(22)6-3)23(24)26-16-8-5-2/h6,9-14,17H,3-5,7-8,15-16H2,1-2H3. The molecule has 3 nitrogen and oxygen atoms in total. The molecule has 0 heterocycles. The van der Waals surface area contributed by atoms with Crippen molar-refractivity contribution in [1.29, 1.82) is 0 Å². The van der Waals surface area contributed by atoms with Crippen molar-refractivity contribution in [2.24, 2.45) is 0 Å². The number of hydrogen-bond donors (Lipinski definition) is 0. The highest BCUT2D eigenvalue weighted by molar-refractivity contribution is 5.92. The Morgan fingerprint density at radius 2 is 1.69 bits per heavy atom. The molecule has 0 aliphatic carbocycles. The van der Waals surface area contributed by atoms with Crippen LogP contribution in [0.15, 0.2) is 49.0 Å². The van der Waals surface area contributed by atoms with Gasteiger partial charge >= 0.3 is 5.97 Å². The van der Waals surface area contributed by atoms with Gasteiger partial charge in [0.2, 0.25) is 0 Å². The molecule has 138 valence electrons. The Hall–Kier alpha value is -2.55. The number of hydrogen-bond acceptors (Lipinski definition) is 3. The Balaban J connectivity index is 2.14. The summed E-state index contributed by atoms with van der Waals surface area (Å²) in [7, 11) is 0. The van der Waals surface area contributed by atoms with E-state index >= 15 is 0 Å². The lowest BCUT2D eigenvalue weighted by molar-refractivity contribution is 0.0499. The molecule has 0 N–H and O–H groups in total. The van der Waals surface area contributed by atoms with E-state index in [-0.39, 0.29) is 5.97 Å². The Morgan fingerprint density at radius 3 is 2.35 bits per heavy atom. The predicted octanol–water partition coefficient (Wildman–Crippen LogP) is 6.13. The molecule has 0 amide bonds. The molecule has 0 saturated heterocycles. The molecule has 0 aliphatic heterocycles. The van der Waals surface area contributed by atoms with Gasteiger partial charge in [-0.3, -0.25) is 0 Å². The van der Waals surface area contributed by atoms with Crippen molar-refractivity contribution in [3.63, 3.8) is 0 Å². The summed E-state index contributed by atoms with van der Waals surface area (Å²) < 4.78 is 11.0. The minimum atomic E-state index is -0.284. The number of unbranched alkanes of at least 4 members (excludes halogenated alkanes) is 2. The zero-order valence-corrected chi connectivity index (χ0v) is 15.8. The van der Waals surface area contributed by atoms with E-state index in [1.54, 1.807) is 6.08 Å². The maximum Gasteiger partial charge on any atom is 0.338 e. The highest BCUT2D eigenvalue weighted by atomic mass is 16.5. The zero-order valence-electron chi connectivity index (χ0n) is 15.8. The summed E-state index contributed by atoms with van der Waals surface area (Å²) in [5.41, 5.74) is 3.56. The van der Waals surface area contributed by atoms with Gasteiger partial charge in [0.05, 0.1) is 18.8 Å². The first-order valence-corrected chi connectivity index (χ1v) is 9.36. The predicted molar refractivity (Wildman–Crippen MR) is 108 cm³/mol. The largest absolute Gasteiger partial charge is 0.494 e. The van der Waals surface area contributed by atoms with Crippen molar-refractivity contribution in [3.05, 3.63) is 60.2 Å². The van der Waals surface area contributed by atoms with Crippen LogP contribution < -0.4 is 4.74 Å². The van der Waals surface area contributed by atoms with Crippen molar-refractivity contribution >= 4 is 12.0 Å². The van der Waals surface area contributed by atoms with E-state index < -0.39 is 0 Å². The average Bonchev–Trinajstić information content (AvgIpc) is 2.68. The van der Waals surface area contributed by atoms with Crippen LogP contribution in [0.2, 0.25) is 0 Å². The molecule has 2 aromatic carbocycles. The maximum atomic E-state index is 12.1. The van der Waals surface area contributed by atoms with E-state index in [1.807, 2.05) is 42.5 Å². The molecule has 0 spiro atoms. The second kappa shape index (κ2) is 10.4. The highest BCUT2D eigenvalue weighted by Gasteiger charge is 2.11. The lowest BCUT2D eigenvalue weighted by atomic mass is 9.97. The normalized spacial score (nSPS) is 10.4. The number of esters is 1. The van der Waals surface area contributed by atoms with Gasteiger partial charge in [0.15, 0.2) is 0 Å². The third kappa shape index (κ3) is 5.48. The molecular formula is C23H28O3. The minimum Gasteiger partial charge on any atom is -0.494 e. The molecular weight excluding hydrogens is 324 g/mol. The van der Waals surface area contributed by atoms with Crippen LogP contribution in [0, 0.1) is 0 Å².